The van der Waals surface area contributed by atoms with Crippen LogP contribution < -0.4 is 9.64 Å². The lowest BCUT2D eigenvalue weighted by atomic mass is 10.2. The third-order valence-corrected chi connectivity index (χ3v) is 3.79. The Balaban J connectivity index is 1.81. The van der Waals surface area contributed by atoms with Gasteiger partial charge in [0.1, 0.15) is 5.75 Å². The van der Waals surface area contributed by atoms with Gasteiger partial charge in [-0.25, -0.2) is 0 Å². The lowest BCUT2D eigenvalue weighted by Crippen LogP contribution is -2.21. The van der Waals surface area contributed by atoms with E-state index in [0.29, 0.717) is 19.7 Å². The molecule has 1 N–H and O–H groups in total. The maximum Gasteiger partial charge on any atom is 0.227 e. The molecule has 0 saturated carbocycles. The number of anilines is 1. The van der Waals surface area contributed by atoms with Crippen LogP contribution in [0.15, 0.2) is 49.3 Å². The first kappa shape index (κ1) is 16.8. The Hall–Kier alpha value is -3.09. The summed E-state index contributed by atoms with van der Waals surface area (Å²) in [6, 6.07) is 8.09. The van der Waals surface area contributed by atoms with Crippen LogP contribution in [0, 0.1) is 0 Å². The minimum Gasteiger partial charge on any atom is -0.494 e. The smallest absolute Gasteiger partial charge is 0.227 e. The van der Waals surface area contributed by atoms with Gasteiger partial charge in [0.05, 0.1) is 18.4 Å². The van der Waals surface area contributed by atoms with Crippen molar-refractivity contribution in [3.8, 4) is 17.1 Å². The number of nitrogens with one attached hydrogen (secondary N) is 1. The summed E-state index contributed by atoms with van der Waals surface area (Å²) in [7, 11) is 2.00. The summed E-state index contributed by atoms with van der Waals surface area (Å²) in [4.78, 5) is 2.07. The van der Waals surface area contributed by atoms with Crippen LogP contribution in [0.5, 0.6) is 5.75 Å². The lowest BCUT2D eigenvalue weighted by Gasteiger charge is -2.19. The topological polar surface area (TPSA) is 71.9 Å². The van der Waals surface area contributed by atoms with Crippen LogP contribution in [0.4, 0.5) is 5.95 Å². The quantitative estimate of drug-likeness (QED) is 0.640. The molecule has 25 heavy (non-hydrogen) atoms. The molecule has 7 nitrogen and oxygen atoms in total. The van der Waals surface area contributed by atoms with Crippen LogP contribution in [0.25, 0.3) is 11.4 Å². The Morgan fingerprint density at radius 3 is 2.72 bits per heavy atom. The monoisotopic (exact) mass is 338 g/mol. The SMILES string of the molecule is C=CCn1c(-c2cn[nH]c2)nnc1N(C)Cc1ccc(OCC)cc1. The summed E-state index contributed by atoms with van der Waals surface area (Å²) in [6.45, 7) is 7.82. The highest BCUT2D eigenvalue weighted by Crippen LogP contribution is 2.23. The number of hydrogen-bond acceptors (Lipinski definition) is 5. The number of rotatable bonds is 8. The fourth-order valence-corrected chi connectivity index (χ4v) is 2.66. The van der Waals surface area contributed by atoms with E-state index in [0.717, 1.165) is 23.1 Å². The zero-order valence-electron chi connectivity index (χ0n) is 14.5. The van der Waals surface area contributed by atoms with E-state index in [4.69, 9.17) is 4.74 Å². The molecule has 0 bridgehead atoms. The molecule has 0 atom stereocenters. The van der Waals surface area contributed by atoms with Crippen molar-refractivity contribution in [2.45, 2.75) is 20.0 Å². The van der Waals surface area contributed by atoms with Gasteiger partial charge in [0, 0.05) is 26.3 Å². The molecule has 2 heterocycles. The second kappa shape index (κ2) is 7.65. The molecule has 0 saturated heterocycles. The van der Waals surface area contributed by atoms with Gasteiger partial charge in [-0.2, -0.15) is 5.10 Å². The summed E-state index contributed by atoms with van der Waals surface area (Å²) in [5.74, 6) is 2.43. The van der Waals surface area contributed by atoms with Crippen molar-refractivity contribution < 1.29 is 4.74 Å². The van der Waals surface area contributed by atoms with E-state index in [-0.39, 0.29) is 0 Å². The third kappa shape index (κ3) is 3.71. The second-order valence-electron chi connectivity index (χ2n) is 5.64. The van der Waals surface area contributed by atoms with Crippen LogP contribution in [0.3, 0.4) is 0 Å². The van der Waals surface area contributed by atoms with Crippen molar-refractivity contribution in [2.24, 2.45) is 0 Å². The second-order valence-corrected chi connectivity index (χ2v) is 5.64. The molecule has 2 aromatic heterocycles. The van der Waals surface area contributed by atoms with E-state index in [1.807, 2.05) is 36.7 Å². The summed E-state index contributed by atoms with van der Waals surface area (Å²) < 4.78 is 7.51. The van der Waals surface area contributed by atoms with Gasteiger partial charge in [0.2, 0.25) is 5.95 Å². The molecule has 3 rings (SSSR count). The molecule has 0 unspecified atom stereocenters. The van der Waals surface area contributed by atoms with Crippen LogP contribution in [-0.4, -0.2) is 38.6 Å². The maximum atomic E-state index is 5.49. The standard InChI is InChI=1S/C18H22N6O/c1-4-10-24-17(15-11-19-20-12-15)21-22-18(24)23(3)13-14-6-8-16(9-7-14)25-5-2/h4,6-9,11-12H,1,5,10,13H2,2-3H3,(H,19,20). The molecule has 1 aromatic carbocycles. The molecule has 0 radical (unpaired) electrons. The molecule has 0 fully saturated rings. The maximum absolute atomic E-state index is 5.49. The molecule has 0 aliphatic carbocycles. The summed E-state index contributed by atoms with van der Waals surface area (Å²) in [6.07, 6.45) is 5.38. The van der Waals surface area contributed by atoms with Crippen molar-refractivity contribution >= 4 is 5.95 Å². The van der Waals surface area contributed by atoms with E-state index in [9.17, 15) is 0 Å². The fraction of sp³-hybridized carbons (Fsp3) is 0.278. The first-order valence-corrected chi connectivity index (χ1v) is 8.19. The van der Waals surface area contributed by atoms with Crippen molar-refractivity contribution in [3.05, 3.63) is 54.9 Å². The number of allylic oxidation sites excluding steroid dienone is 1. The minimum absolute atomic E-state index is 0.621. The van der Waals surface area contributed by atoms with Crippen molar-refractivity contribution in [2.75, 3.05) is 18.6 Å². The van der Waals surface area contributed by atoms with E-state index < -0.39 is 0 Å². The predicted molar refractivity (Wildman–Crippen MR) is 97.5 cm³/mol. The normalized spacial score (nSPS) is 10.6. The molecule has 0 aliphatic heterocycles. The molecule has 0 spiro atoms. The van der Waals surface area contributed by atoms with E-state index in [1.54, 1.807) is 12.4 Å². The molecular formula is C18H22N6O. The van der Waals surface area contributed by atoms with Crippen LogP contribution in [-0.2, 0) is 13.1 Å². The zero-order valence-corrected chi connectivity index (χ0v) is 14.5. The molecule has 7 heteroatoms. The summed E-state index contributed by atoms with van der Waals surface area (Å²) in [5, 5.41) is 15.5. The number of aromatic amines is 1. The van der Waals surface area contributed by atoms with Crippen LogP contribution in [0.2, 0.25) is 0 Å². The largest absolute Gasteiger partial charge is 0.494 e. The highest BCUT2D eigenvalue weighted by Gasteiger charge is 2.17. The third-order valence-electron chi connectivity index (χ3n) is 3.79. The van der Waals surface area contributed by atoms with Gasteiger partial charge >= 0.3 is 0 Å². The molecule has 0 aliphatic rings. The van der Waals surface area contributed by atoms with E-state index in [2.05, 4.69) is 44.0 Å². The Morgan fingerprint density at radius 2 is 2.08 bits per heavy atom. The molecular weight excluding hydrogens is 316 g/mol. The Kier molecular flexibility index (Phi) is 5.13. The van der Waals surface area contributed by atoms with Gasteiger partial charge in [0.15, 0.2) is 5.82 Å². The first-order chi connectivity index (χ1) is 12.2. The van der Waals surface area contributed by atoms with E-state index in [1.165, 1.54) is 5.56 Å². The summed E-state index contributed by atoms with van der Waals surface area (Å²) >= 11 is 0. The van der Waals surface area contributed by atoms with Crippen molar-refractivity contribution in [3.63, 3.8) is 0 Å². The zero-order chi connectivity index (χ0) is 17.6. The molecule has 3 aromatic rings. The van der Waals surface area contributed by atoms with Crippen LogP contribution >= 0.6 is 0 Å². The number of aromatic nitrogens is 5. The Morgan fingerprint density at radius 1 is 1.28 bits per heavy atom. The number of nitrogens with zero attached hydrogens (tertiary/aromatic N) is 5. The summed E-state index contributed by atoms with van der Waals surface area (Å²) in [5.41, 5.74) is 2.07. The predicted octanol–water partition coefficient (Wildman–Crippen LogP) is 2.89. The molecule has 130 valence electrons. The van der Waals surface area contributed by atoms with Gasteiger partial charge in [-0.3, -0.25) is 9.67 Å². The van der Waals surface area contributed by atoms with Gasteiger partial charge in [0.25, 0.3) is 0 Å². The van der Waals surface area contributed by atoms with E-state index >= 15 is 0 Å². The van der Waals surface area contributed by atoms with Gasteiger partial charge < -0.3 is 9.64 Å². The number of ether oxygens (including phenoxy) is 1. The fourth-order valence-electron chi connectivity index (χ4n) is 2.66. The Labute approximate surface area is 147 Å². The molecule has 0 amide bonds. The van der Waals surface area contributed by atoms with Crippen LogP contribution in [0.1, 0.15) is 12.5 Å². The highest BCUT2D eigenvalue weighted by atomic mass is 16.5. The van der Waals surface area contributed by atoms with Gasteiger partial charge in [-0.15, -0.1) is 16.8 Å². The number of benzene rings is 1. The minimum atomic E-state index is 0.621. The number of hydrogen-bond donors (Lipinski definition) is 1. The average Bonchev–Trinajstić information content (AvgIpc) is 3.26. The van der Waals surface area contributed by atoms with Crippen molar-refractivity contribution in [1.29, 1.82) is 0 Å². The van der Waals surface area contributed by atoms with Crippen molar-refractivity contribution in [1.82, 2.24) is 25.0 Å². The lowest BCUT2D eigenvalue weighted by molar-refractivity contribution is 0.340. The Bertz CT molecular complexity index is 807. The number of H-pyrrole nitrogens is 1. The van der Waals surface area contributed by atoms with Gasteiger partial charge in [-0.05, 0) is 24.6 Å². The first-order valence-electron chi connectivity index (χ1n) is 8.19. The highest BCUT2D eigenvalue weighted by molar-refractivity contribution is 5.55. The average molecular weight is 338 g/mol. The van der Waals surface area contributed by atoms with Gasteiger partial charge in [-0.1, -0.05) is 18.2 Å².